The molecule has 0 amide bonds. The van der Waals surface area contributed by atoms with Crippen molar-refractivity contribution >= 4 is 45.4 Å². The zero-order chi connectivity index (χ0) is 16.4. The van der Waals surface area contributed by atoms with Crippen LogP contribution in [0.15, 0.2) is 18.2 Å². The number of hydrogen-bond acceptors (Lipinski definition) is 4. The number of halogens is 5. The van der Waals surface area contributed by atoms with Gasteiger partial charge in [-0.05, 0) is 23.8 Å². The highest BCUT2D eigenvalue weighted by molar-refractivity contribution is 7.88. The minimum Gasteiger partial charge on any atom is -0.478 e. The summed E-state index contributed by atoms with van der Waals surface area (Å²) < 4.78 is 62.1. The fraction of sp³-hybridized carbons (Fsp3) is 0.100. The Labute approximate surface area is 126 Å². The smallest absolute Gasteiger partial charge is 0.478 e. The van der Waals surface area contributed by atoms with E-state index in [9.17, 15) is 26.4 Å². The Morgan fingerprint density at radius 1 is 1.24 bits per heavy atom. The van der Waals surface area contributed by atoms with Gasteiger partial charge in [-0.3, -0.25) is 0 Å². The predicted octanol–water partition coefficient (Wildman–Crippen LogP) is 3.32. The van der Waals surface area contributed by atoms with E-state index in [-0.39, 0.29) is 10.6 Å². The summed E-state index contributed by atoms with van der Waals surface area (Å²) in [5.74, 6) is -2.12. The van der Waals surface area contributed by atoms with Gasteiger partial charge in [0.1, 0.15) is 5.02 Å². The SMILES string of the molecule is O=C(O)C=Cc1ccc(OS(=O)(=O)C(F)(F)F)c(Cl)c1Cl. The largest absolute Gasteiger partial charge is 0.534 e. The van der Waals surface area contributed by atoms with Gasteiger partial charge in [0.2, 0.25) is 0 Å². The van der Waals surface area contributed by atoms with Crippen LogP contribution in [-0.2, 0) is 14.9 Å². The van der Waals surface area contributed by atoms with E-state index in [1.54, 1.807) is 0 Å². The summed E-state index contributed by atoms with van der Waals surface area (Å²) in [5, 5.41) is 7.48. The van der Waals surface area contributed by atoms with E-state index in [1.807, 2.05) is 0 Å². The Morgan fingerprint density at radius 2 is 1.81 bits per heavy atom. The standard InChI is InChI=1S/C10H5Cl2F3O5S/c11-8-5(2-4-7(16)17)1-3-6(9(8)12)20-21(18,19)10(13,14)15/h1-4H,(H,16,17). The van der Waals surface area contributed by atoms with Crippen molar-refractivity contribution in [2.45, 2.75) is 5.51 Å². The molecule has 0 fully saturated rings. The maximum atomic E-state index is 12.2. The zero-order valence-corrected chi connectivity index (χ0v) is 12.0. The molecule has 1 N–H and O–H groups in total. The molecule has 0 saturated heterocycles. The number of carbonyl (C=O) groups is 1. The maximum absolute atomic E-state index is 12.2. The molecule has 0 radical (unpaired) electrons. The number of carboxylic acid groups (broad SMARTS) is 1. The normalized spacial score (nSPS) is 12.6. The van der Waals surface area contributed by atoms with E-state index >= 15 is 0 Å². The first kappa shape index (κ1) is 17.6. The Morgan fingerprint density at radius 3 is 2.29 bits per heavy atom. The van der Waals surface area contributed by atoms with Crippen molar-refractivity contribution in [2.24, 2.45) is 0 Å². The van der Waals surface area contributed by atoms with E-state index in [0.29, 0.717) is 6.08 Å². The topological polar surface area (TPSA) is 80.7 Å². The van der Waals surface area contributed by atoms with Gasteiger partial charge in [-0.15, -0.1) is 0 Å². The van der Waals surface area contributed by atoms with Crippen molar-refractivity contribution in [3.63, 3.8) is 0 Å². The van der Waals surface area contributed by atoms with Crippen LogP contribution in [-0.4, -0.2) is 25.0 Å². The summed E-state index contributed by atoms with van der Waals surface area (Å²) in [4.78, 5) is 10.3. The monoisotopic (exact) mass is 364 g/mol. The van der Waals surface area contributed by atoms with Crippen LogP contribution >= 0.6 is 23.2 Å². The Bertz CT molecular complexity index is 697. The molecule has 0 atom stereocenters. The van der Waals surface area contributed by atoms with Crippen LogP contribution in [0.2, 0.25) is 10.0 Å². The lowest BCUT2D eigenvalue weighted by Gasteiger charge is -2.12. The minimum atomic E-state index is -5.88. The molecule has 0 aliphatic carbocycles. The molecule has 1 aromatic rings. The number of carboxylic acids is 1. The molecule has 0 aliphatic heterocycles. The van der Waals surface area contributed by atoms with Crippen LogP contribution in [0.1, 0.15) is 5.56 Å². The molecule has 11 heteroatoms. The van der Waals surface area contributed by atoms with E-state index < -0.39 is 32.4 Å². The van der Waals surface area contributed by atoms with Crippen molar-refractivity contribution in [1.82, 2.24) is 0 Å². The van der Waals surface area contributed by atoms with Crippen molar-refractivity contribution in [2.75, 3.05) is 0 Å². The van der Waals surface area contributed by atoms with Gasteiger partial charge < -0.3 is 9.29 Å². The van der Waals surface area contributed by atoms with Gasteiger partial charge in [-0.25, -0.2) is 4.79 Å². The first-order valence-corrected chi connectivity index (χ1v) is 7.02. The van der Waals surface area contributed by atoms with E-state index in [4.69, 9.17) is 28.3 Å². The molecular weight excluding hydrogens is 360 g/mol. The molecule has 116 valence electrons. The molecule has 5 nitrogen and oxygen atoms in total. The first-order chi connectivity index (χ1) is 9.45. The van der Waals surface area contributed by atoms with Crippen molar-refractivity contribution < 1.29 is 35.7 Å². The van der Waals surface area contributed by atoms with Gasteiger partial charge >= 0.3 is 21.6 Å². The summed E-state index contributed by atoms with van der Waals surface area (Å²) in [5.41, 5.74) is -5.56. The molecule has 0 aliphatic rings. The quantitative estimate of drug-likeness (QED) is 0.503. The third-order valence-electron chi connectivity index (χ3n) is 1.97. The second-order valence-electron chi connectivity index (χ2n) is 3.44. The number of benzene rings is 1. The molecule has 1 rings (SSSR count). The number of aliphatic carboxylic acids is 1. The lowest BCUT2D eigenvalue weighted by molar-refractivity contribution is -0.131. The fourth-order valence-corrected chi connectivity index (χ4v) is 2.01. The lowest BCUT2D eigenvalue weighted by atomic mass is 10.2. The van der Waals surface area contributed by atoms with Crippen molar-refractivity contribution in [3.05, 3.63) is 33.8 Å². The molecular formula is C10H5Cl2F3O5S. The Kier molecular flexibility index (Phi) is 5.13. The maximum Gasteiger partial charge on any atom is 0.534 e. The summed E-state index contributed by atoms with van der Waals surface area (Å²) in [6, 6.07) is 1.87. The van der Waals surface area contributed by atoms with Gasteiger partial charge in [-0.1, -0.05) is 23.2 Å². The Balaban J connectivity index is 3.20. The van der Waals surface area contributed by atoms with Crippen LogP contribution in [0.3, 0.4) is 0 Å². The van der Waals surface area contributed by atoms with E-state index in [2.05, 4.69) is 4.18 Å². The summed E-state index contributed by atoms with van der Waals surface area (Å²) >= 11 is 11.3. The highest BCUT2D eigenvalue weighted by Crippen LogP contribution is 2.37. The van der Waals surface area contributed by atoms with Crippen molar-refractivity contribution in [1.29, 1.82) is 0 Å². The predicted molar refractivity (Wildman–Crippen MR) is 68.7 cm³/mol. The second kappa shape index (κ2) is 6.12. The molecule has 0 heterocycles. The van der Waals surface area contributed by atoms with E-state index in [0.717, 1.165) is 18.2 Å². The molecule has 0 saturated carbocycles. The number of hydrogen-bond donors (Lipinski definition) is 1. The Hall–Kier alpha value is -1.45. The van der Waals surface area contributed by atoms with Crippen molar-refractivity contribution in [3.8, 4) is 5.75 Å². The fourth-order valence-electron chi connectivity index (χ4n) is 1.07. The van der Waals surface area contributed by atoms with Gasteiger partial charge in [0, 0.05) is 6.08 Å². The van der Waals surface area contributed by atoms with Crippen LogP contribution in [0.25, 0.3) is 6.08 Å². The number of rotatable bonds is 4. The lowest BCUT2D eigenvalue weighted by Crippen LogP contribution is -2.28. The van der Waals surface area contributed by atoms with E-state index in [1.165, 1.54) is 0 Å². The molecule has 0 unspecified atom stereocenters. The van der Waals surface area contributed by atoms with Gasteiger partial charge in [0.25, 0.3) is 0 Å². The third kappa shape index (κ3) is 4.26. The molecule has 0 spiro atoms. The van der Waals surface area contributed by atoms with Gasteiger partial charge in [-0.2, -0.15) is 21.6 Å². The minimum absolute atomic E-state index is 0.0563. The van der Waals surface area contributed by atoms with Gasteiger partial charge in [0.15, 0.2) is 5.75 Å². The van der Waals surface area contributed by atoms with Crippen LogP contribution in [0.5, 0.6) is 5.75 Å². The molecule has 1 aromatic carbocycles. The molecule has 21 heavy (non-hydrogen) atoms. The molecule has 0 aromatic heterocycles. The average Bonchev–Trinajstić information content (AvgIpc) is 2.32. The highest BCUT2D eigenvalue weighted by atomic mass is 35.5. The van der Waals surface area contributed by atoms with Crippen LogP contribution < -0.4 is 4.18 Å². The molecule has 0 bridgehead atoms. The summed E-state index contributed by atoms with van der Waals surface area (Å²) in [6.07, 6.45) is 1.74. The summed E-state index contributed by atoms with van der Waals surface area (Å²) in [6.45, 7) is 0. The first-order valence-electron chi connectivity index (χ1n) is 4.85. The van der Waals surface area contributed by atoms with Crippen LogP contribution in [0.4, 0.5) is 13.2 Å². The van der Waals surface area contributed by atoms with Crippen LogP contribution in [0, 0.1) is 0 Å². The highest BCUT2D eigenvalue weighted by Gasteiger charge is 2.48. The zero-order valence-electron chi connectivity index (χ0n) is 9.69. The second-order valence-corrected chi connectivity index (χ2v) is 5.73. The third-order valence-corrected chi connectivity index (χ3v) is 3.81. The average molecular weight is 365 g/mol. The number of alkyl halides is 3. The van der Waals surface area contributed by atoms with Gasteiger partial charge in [0.05, 0.1) is 5.02 Å². The summed E-state index contributed by atoms with van der Waals surface area (Å²) in [7, 11) is -5.88.